The minimum Gasteiger partial charge on any atom is -0.494 e. The second kappa shape index (κ2) is 7.20. The van der Waals surface area contributed by atoms with Crippen LogP contribution < -0.4 is 21.1 Å². The van der Waals surface area contributed by atoms with Crippen LogP contribution in [-0.4, -0.2) is 25.1 Å². The average Bonchev–Trinajstić information content (AvgIpc) is 2.45. The SMILES string of the molecule is CCCOc1ccc(N2CCCC[C@@H]2CC(N)=O)c(N)c1. The maximum Gasteiger partial charge on any atom is 0.219 e. The number of nitrogen functional groups attached to an aromatic ring is 1. The summed E-state index contributed by atoms with van der Waals surface area (Å²) in [5, 5.41) is 0. The summed E-state index contributed by atoms with van der Waals surface area (Å²) in [6.07, 6.45) is 4.58. The lowest BCUT2D eigenvalue weighted by Crippen LogP contribution is -2.42. The van der Waals surface area contributed by atoms with Gasteiger partial charge in [-0.2, -0.15) is 0 Å². The molecule has 0 saturated carbocycles. The van der Waals surface area contributed by atoms with Gasteiger partial charge in [0.25, 0.3) is 0 Å². The third kappa shape index (κ3) is 4.03. The van der Waals surface area contributed by atoms with Crippen LogP contribution in [0.4, 0.5) is 11.4 Å². The van der Waals surface area contributed by atoms with E-state index in [2.05, 4.69) is 11.8 Å². The molecule has 2 rings (SSSR count). The molecule has 21 heavy (non-hydrogen) atoms. The Morgan fingerprint density at radius 3 is 2.90 bits per heavy atom. The maximum atomic E-state index is 11.2. The molecule has 0 unspecified atom stereocenters. The van der Waals surface area contributed by atoms with Crippen molar-refractivity contribution in [1.82, 2.24) is 0 Å². The summed E-state index contributed by atoms with van der Waals surface area (Å²) in [6.45, 7) is 3.67. The van der Waals surface area contributed by atoms with Crippen LogP contribution in [-0.2, 0) is 4.79 Å². The smallest absolute Gasteiger partial charge is 0.219 e. The number of ether oxygens (including phenoxy) is 1. The van der Waals surface area contributed by atoms with E-state index >= 15 is 0 Å². The Hall–Kier alpha value is -1.91. The zero-order valence-electron chi connectivity index (χ0n) is 12.7. The van der Waals surface area contributed by atoms with Gasteiger partial charge < -0.3 is 21.1 Å². The highest BCUT2D eigenvalue weighted by Crippen LogP contribution is 2.33. The predicted molar refractivity (Wildman–Crippen MR) is 85.4 cm³/mol. The van der Waals surface area contributed by atoms with Crippen molar-refractivity contribution in [2.75, 3.05) is 23.8 Å². The van der Waals surface area contributed by atoms with E-state index in [-0.39, 0.29) is 11.9 Å². The van der Waals surface area contributed by atoms with Gasteiger partial charge in [-0.05, 0) is 37.8 Å². The van der Waals surface area contributed by atoms with Crippen LogP contribution in [0.3, 0.4) is 0 Å². The van der Waals surface area contributed by atoms with Crippen molar-refractivity contribution in [3.63, 3.8) is 0 Å². The molecule has 4 N–H and O–H groups in total. The number of nitrogens with zero attached hydrogens (tertiary/aromatic N) is 1. The normalized spacial score (nSPS) is 18.5. The van der Waals surface area contributed by atoms with Crippen molar-refractivity contribution in [2.24, 2.45) is 5.73 Å². The van der Waals surface area contributed by atoms with E-state index in [1.54, 1.807) is 0 Å². The topological polar surface area (TPSA) is 81.6 Å². The second-order valence-corrected chi connectivity index (χ2v) is 5.58. The zero-order chi connectivity index (χ0) is 15.2. The van der Waals surface area contributed by atoms with Gasteiger partial charge in [0.05, 0.1) is 18.0 Å². The Morgan fingerprint density at radius 1 is 1.43 bits per heavy atom. The largest absolute Gasteiger partial charge is 0.494 e. The number of amides is 1. The number of primary amides is 1. The van der Waals surface area contributed by atoms with E-state index in [1.165, 1.54) is 0 Å². The molecule has 0 aromatic heterocycles. The first-order valence-corrected chi connectivity index (χ1v) is 7.69. The summed E-state index contributed by atoms with van der Waals surface area (Å²) in [4.78, 5) is 13.5. The molecular weight excluding hydrogens is 266 g/mol. The summed E-state index contributed by atoms with van der Waals surface area (Å²) < 4.78 is 5.60. The van der Waals surface area contributed by atoms with Gasteiger partial charge in [0.2, 0.25) is 5.91 Å². The van der Waals surface area contributed by atoms with E-state index in [0.29, 0.717) is 18.7 Å². The number of hydrogen-bond donors (Lipinski definition) is 2. The second-order valence-electron chi connectivity index (χ2n) is 5.58. The van der Waals surface area contributed by atoms with Gasteiger partial charge in [-0.25, -0.2) is 0 Å². The highest BCUT2D eigenvalue weighted by molar-refractivity contribution is 5.76. The zero-order valence-corrected chi connectivity index (χ0v) is 12.7. The van der Waals surface area contributed by atoms with Gasteiger partial charge in [-0.15, -0.1) is 0 Å². The first-order valence-electron chi connectivity index (χ1n) is 7.69. The van der Waals surface area contributed by atoms with Crippen molar-refractivity contribution in [1.29, 1.82) is 0 Å². The van der Waals surface area contributed by atoms with Gasteiger partial charge in [0, 0.05) is 25.1 Å². The third-order valence-corrected chi connectivity index (χ3v) is 3.85. The Bertz CT molecular complexity index is 490. The Kier molecular flexibility index (Phi) is 5.31. The number of nitrogens with two attached hydrogens (primary N) is 2. The number of carbonyl (C=O) groups excluding carboxylic acids is 1. The molecule has 1 aromatic carbocycles. The first-order chi connectivity index (χ1) is 10.1. The molecule has 5 nitrogen and oxygen atoms in total. The number of anilines is 2. The Morgan fingerprint density at radius 2 is 2.24 bits per heavy atom. The van der Waals surface area contributed by atoms with Crippen LogP contribution in [0.5, 0.6) is 5.75 Å². The number of benzene rings is 1. The third-order valence-electron chi connectivity index (χ3n) is 3.85. The van der Waals surface area contributed by atoms with Crippen LogP contribution in [0.1, 0.15) is 39.0 Å². The van der Waals surface area contributed by atoms with Gasteiger partial charge in [0.15, 0.2) is 0 Å². The number of carbonyl (C=O) groups is 1. The van der Waals surface area contributed by atoms with Gasteiger partial charge in [-0.1, -0.05) is 6.92 Å². The van der Waals surface area contributed by atoms with Crippen molar-refractivity contribution in [3.05, 3.63) is 18.2 Å². The molecule has 1 saturated heterocycles. The maximum absolute atomic E-state index is 11.2. The van der Waals surface area contributed by atoms with Crippen LogP contribution in [0, 0.1) is 0 Å². The number of hydrogen-bond acceptors (Lipinski definition) is 4. The monoisotopic (exact) mass is 291 g/mol. The highest BCUT2D eigenvalue weighted by Gasteiger charge is 2.25. The summed E-state index contributed by atoms with van der Waals surface area (Å²) in [7, 11) is 0. The fourth-order valence-corrected chi connectivity index (χ4v) is 2.87. The van der Waals surface area contributed by atoms with E-state index in [9.17, 15) is 4.79 Å². The lowest BCUT2D eigenvalue weighted by Gasteiger charge is -2.37. The summed E-state index contributed by atoms with van der Waals surface area (Å²) >= 11 is 0. The lowest BCUT2D eigenvalue weighted by atomic mass is 9.98. The molecule has 1 fully saturated rings. The van der Waals surface area contributed by atoms with Crippen molar-refractivity contribution in [3.8, 4) is 5.75 Å². The Balaban J connectivity index is 2.16. The van der Waals surface area contributed by atoms with Crippen molar-refractivity contribution in [2.45, 2.75) is 45.1 Å². The molecule has 1 aliphatic rings. The van der Waals surface area contributed by atoms with Crippen molar-refractivity contribution < 1.29 is 9.53 Å². The molecule has 0 spiro atoms. The number of rotatable bonds is 6. The van der Waals surface area contributed by atoms with Crippen LogP contribution in [0.25, 0.3) is 0 Å². The molecular formula is C16H25N3O2. The van der Waals surface area contributed by atoms with Gasteiger partial charge in [-0.3, -0.25) is 4.79 Å². The van der Waals surface area contributed by atoms with Gasteiger partial charge in [0.1, 0.15) is 5.75 Å². The first kappa shape index (κ1) is 15.5. The minimum atomic E-state index is -0.256. The average molecular weight is 291 g/mol. The predicted octanol–water partition coefficient (Wildman–Crippen LogP) is 2.29. The van der Waals surface area contributed by atoms with E-state index in [4.69, 9.17) is 16.2 Å². The molecule has 1 atom stereocenters. The standard InChI is InChI=1S/C16H25N3O2/c1-2-9-21-13-6-7-15(14(17)11-13)19-8-4-3-5-12(19)10-16(18)20/h6-7,11-12H,2-5,8-10,17H2,1H3,(H2,18,20)/t12-/m1/s1. The highest BCUT2D eigenvalue weighted by atomic mass is 16.5. The molecule has 1 aromatic rings. The quantitative estimate of drug-likeness (QED) is 0.788. The Labute approximate surface area is 126 Å². The molecule has 116 valence electrons. The minimum absolute atomic E-state index is 0.154. The summed E-state index contributed by atoms with van der Waals surface area (Å²) in [5.74, 6) is 0.537. The fraction of sp³-hybridized carbons (Fsp3) is 0.562. The molecule has 0 radical (unpaired) electrons. The molecule has 0 aliphatic carbocycles. The van der Waals surface area contributed by atoms with Gasteiger partial charge >= 0.3 is 0 Å². The van der Waals surface area contributed by atoms with Crippen LogP contribution >= 0.6 is 0 Å². The summed E-state index contributed by atoms with van der Waals surface area (Å²) in [5.41, 5.74) is 13.2. The van der Waals surface area contributed by atoms with Crippen LogP contribution in [0.2, 0.25) is 0 Å². The summed E-state index contributed by atoms with van der Waals surface area (Å²) in [6, 6.07) is 5.94. The van der Waals surface area contributed by atoms with E-state index in [0.717, 1.165) is 43.7 Å². The van der Waals surface area contributed by atoms with Crippen LogP contribution in [0.15, 0.2) is 18.2 Å². The molecule has 1 amide bonds. The lowest BCUT2D eigenvalue weighted by molar-refractivity contribution is -0.118. The fourth-order valence-electron chi connectivity index (χ4n) is 2.87. The molecule has 0 bridgehead atoms. The molecule has 5 heteroatoms. The van der Waals surface area contributed by atoms with E-state index < -0.39 is 0 Å². The van der Waals surface area contributed by atoms with E-state index in [1.807, 2.05) is 18.2 Å². The molecule has 1 heterocycles. The van der Waals surface area contributed by atoms with Crippen molar-refractivity contribution >= 4 is 17.3 Å². The molecule has 1 aliphatic heterocycles. The number of piperidine rings is 1.